The quantitative estimate of drug-likeness (QED) is 0.860. The van der Waals surface area contributed by atoms with E-state index in [1.807, 2.05) is 0 Å². The van der Waals surface area contributed by atoms with E-state index in [1.54, 1.807) is 25.1 Å². The number of carbonyl (C=O) groups is 1. The maximum Gasteiger partial charge on any atom is 0.328 e. The molecule has 0 heterocycles. The van der Waals surface area contributed by atoms with E-state index in [0.717, 1.165) is 25.7 Å². The second kappa shape index (κ2) is 5.70. The molecular formula is C15H20FNO2. The topological polar surface area (TPSA) is 49.3 Å². The molecule has 3 nitrogen and oxygen atoms in total. The standard InChI is InChI=1S/C15H20FNO2/c1-2-15(14(18)19,17-11-7-3-4-8-11)12-9-5-6-10-13(12)16/h5-6,9-11,17H,2-4,7-8H2,1H3,(H,18,19). The van der Waals surface area contributed by atoms with Gasteiger partial charge in [0.25, 0.3) is 0 Å². The summed E-state index contributed by atoms with van der Waals surface area (Å²) in [5.74, 6) is -1.47. The Bertz CT molecular complexity index is 457. The fraction of sp³-hybridized carbons (Fsp3) is 0.533. The summed E-state index contributed by atoms with van der Waals surface area (Å²) in [6.07, 6.45) is 4.45. The van der Waals surface area contributed by atoms with Crippen LogP contribution in [0.25, 0.3) is 0 Å². The third-order valence-corrected chi connectivity index (χ3v) is 4.03. The van der Waals surface area contributed by atoms with Crippen LogP contribution in [0.5, 0.6) is 0 Å². The number of carboxylic acid groups (broad SMARTS) is 1. The minimum Gasteiger partial charge on any atom is -0.480 e. The largest absolute Gasteiger partial charge is 0.480 e. The average molecular weight is 265 g/mol. The van der Waals surface area contributed by atoms with Crippen LogP contribution in [0.4, 0.5) is 4.39 Å². The van der Waals surface area contributed by atoms with E-state index in [0.29, 0.717) is 6.42 Å². The smallest absolute Gasteiger partial charge is 0.328 e. The van der Waals surface area contributed by atoms with E-state index in [4.69, 9.17) is 0 Å². The van der Waals surface area contributed by atoms with Crippen LogP contribution in [0.2, 0.25) is 0 Å². The summed E-state index contributed by atoms with van der Waals surface area (Å²) in [7, 11) is 0. The lowest BCUT2D eigenvalue weighted by atomic mass is 9.85. The normalized spacial score (nSPS) is 19.3. The lowest BCUT2D eigenvalue weighted by Gasteiger charge is -2.33. The van der Waals surface area contributed by atoms with Crippen LogP contribution in [-0.2, 0) is 10.3 Å². The number of nitrogens with one attached hydrogen (secondary N) is 1. The number of rotatable bonds is 5. The Morgan fingerprint density at radius 1 is 1.42 bits per heavy atom. The summed E-state index contributed by atoms with van der Waals surface area (Å²) in [4.78, 5) is 11.8. The molecule has 2 rings (SSSR count). The van der Waals surface area contributed by atoms with Gasteiger partial charge in [-0.2, -0.15) is 0 Å². The minimum atomic E-state index is -1.32. The first-order valence-electron chi connectivity index (χ1n) is 6.86. The molecule has 1 aromatic rings. The van der Waals surface area contributed by atoms with Crippen molar-refractivity contribution in [3.05, 3.63) is 35.6 Å². The van der Waals surface area contributed by atoms with Crippen molar-refractivity contribution < 1.29 is 14.3 Å². The van der Waals surface area contributed by atoms with Gasteiger partial charge in [0.1, 0.15) is 11.4 Å². The van der Waals surface area contributed by atoms with Crippen LogP contribution in [-0.4, -0.2) is 17.1 Å². The van der Waals surface area contributed by atoms with Gasteiger partial charge < -0.3 is 5.11 Å². The van der Waals surface area contributed by atoms with Crippen molar-refractivity contribution in [1.82, 2.24) is 5.32 Å². The molecular weight excluding hydrogens is 245 g/mol. The summed E-state index contributed by atoms with van der Waals surface area (Å²) in [6, 6.07) is 6.31. The van der Waals surface area contributed by atoms with Gasteiger partial charge in [0.05, 0.1) is 0 Å². The van der Waals surface area contributed by atoms with Crippen LogP contribution < -0.4 is 5.32 Å². The Morgan fingerprint density at radius 3 is 2.58 bits per heavy atom. The Labute approximate surface area is 112 Å². The molecule has 1 fully saturated rings. The molecule has 1 unspecified atom stereocenters. The van der Waals surface area contributed by atoms with Crippen LogP contribution in [0, 0.1) is 5.82 Å². The van der Waals surface area contributed by atoms with Crippen LogP contribution in [0.15, 0.2) is 24.3 Å². The van der Waals surface area contributed by atoms with E-state index in [9.17, 15) is 14.3 Å². The SMILES string of the molecule is CCC(NC1CCCC1)(C(=O)O)c1ccccc1F. The third kappa shape index (κ3) is 2.63. The summed E-state index contributed by atoms with van der Waals surface area (Å²) >= 11 is 0. The van der Waals surface area contributed by atoms with Gasteiger partial charge in [0.15, 0.2) is 0 Å². The van der Waals surface area contributed by atoms with Crippen LogP contribution in [0.1, 0.15) is 44.6 Å². The molecule has 1 aromatic carbocycles. The highest BCUT2D eigenvalue weighted by Crippen LogP contribution is 2.31. The number of hydrogen-bond donors (Lipinski definition) is 2. The monoisotopic (exact) mass is 265 g/mol. The molecule has 1 atom stereocenters. The minimum absolute atomic E-state index is 0.163. The zero-order valence-electron chi connectivity index (χ0n) is 11.2. The molecule has 4 heteroatoms. The van der Waals surface area contributed by atoms with E-state index in [-0.39, 0.29) is 11.6 Å². The highest BCUT2D eigenvalue weighted by Gasteiger charge is 2.42. The number of carboxylic acids is 1. The molecule has 104 valence electrons. The molecule has 0 saturated heterocycles. The number of aliphatic carboxylic acids is 1. The molecule has 1 aliphatic rings. The number of halogens is 1. The molecule has 0 spiro atoms. The first-order chi connectivity index (χ1) is 9.10. The maximum atomic E-state index is 14.0. The molecule has 0 aliphatic heterocycles. The molecule has 0 bridgehead atoms. The van der Waals surface area contributed by atoms with Crippen molar-refractivity contribution in [2.45, 2.75) is 50.6 Å². The summed E-state index contributed by atoms with van der Waals surface area (Å²) < 4.78 is 14.0. The fourth-order valence-corrected chi connectivity index (χ4v) is 2.92. The van der Waals surface area contributed by atoms with E-state index < -0.39 is 17.3 Å². The van der Waals surface area contributed by atoms with Gasteiger partial charge in [-0.3, -0.25) is 5.32 Å². The molecule has 19 heavy (non-hydrogen) atoms. The van der Waals surface area contributed by atoms with Crippen molar-refractivity contribution in [1.29, 1.82) is 0 Å². The van der Waals surface area contributed by atoms with Crippen molar-refractivity contribution in [3.8, 4) is 0 Å². The Morgan fingerprint density at radius 2 is 2.05 bits per heavy atom. The Hall–Kier alpha value is -1.42. The van der Waals surface area contributed by atoms with E-state index in [1.165, 1.54) is 6.07 Å². The second-order valence-corrected chi connectivity index (χ2v) is 5.17. The van der Waals surface area contributed by atoms with Gasteiger partial charge in [-0.1, -0.05) is 38.0 Å². The van der Waals surface area contributed by atoms with Crippen LogP contribution in [0.3, 0.4) is 0 Å². The molecule has 1 saturated carbocycles. The fourth-order valence-electron chi connectivity index (χ4n) is 2.92. The highest BCUT2D eigenvalue weighted by molar-refractivity contribution is 5.81. The zero-order valence-corrected chi connectivity index (χ0v) is 11.2. The molecule has 0 amide bonds. The lowest BCUT2D eigenvalue weighted by molar-refractivity contribution is -0.146. The van der Waals surface area contributed by atoms with Gasteiger partial charge in [0, 0.05) is 11.6 Å². The second-order valence-electron chi connectivity index (χ2n) is 5.17. The summed E-state index contributed by atoms with van der Waals surface area (Å²) in [5, 5.41) is 12.8. The Kier molecular flexibility index (Phi) is 4.20. The van der Waals surface area contributed by atoms with E-state index in [2.05, 4.69) is 5.32 Å². The molecule has 0 aromatic heterocycles. The Balaban J connectivity index is 2.38. The highest BCUT2D eigenvalue weighted by atomic mass is 19.1. The molecule has 1 aliphatic carbocycles. The first-order valence-corrected chi connectivity index (χ1v) is 6.86. The third-order valence-electron chi connectivity index (χ3n) is 4.03. The van der Waals surface area contributed by atoms with Gasteiger partial charge in [-0.25, -0.2) is 9.18 Å². The average Bonchev–Trinajstić information content (AvgIpc) is 2.89. The van der Waals surface area contributed by atoms with Crippen LogP contribution >= 0.6 is 0 Å². The number of benzene rings is 1. The summed E-state index contributed by atoms with van der Waals surface area (Å²) in [5.41, 5.74) is -1.09. The molecule has 0 radical (unpaired) electrons. The maximum absolute atomic E-state index is 14.0. The van der Waals surface area contributed by atoms with Crippen molar-refractivity contribution in [2.24, 2.45) is 0 Å². The van der Waals surface area contributed by atoms with Crippen molar-refractivity contribution in [2.75, 3.05) is 0 Å². The number of hydrogen-bond acceptors (Lipinski definition) is 2. The predicted octanol–water partition coefficient (Wildman–Crippen LogP) is 3.05. The van der Waals surface area contributed by atoms with Gasteiger partial charge >= 0.3 is 5.97 Å². The zero-order chi connectivity index (χ0) is 13.9. The predicted molar refractivity (Wildman–Crippen MR) is 71.4 cm³/mol. The molecule has 2 N–H and O–H groups in total. The van der Waals surface area contributed by atoms with E-state index >= 15 is 0 Å². The van der Waals surface area contributed by atoms with Crippen molar-refractivity contribution >= 4 is 5.97 Å². The first kappa shape index (κ1) is 14.0. The van der Waals surface area contributed by atoms with Gasteiger partial charge in [-0.05, 0) is 25.3 Å². The van der Waals surface area contributed by atoms with Crippen molar-refractivity contribution in [3.63, 3.8) is 0 Å². The summed E-state index contributed by atoms with van der Waals surface area (Å²) in [6.45, 7) is 1.78. The van der Waals surface area contributed by atoms with Gasteiger partial charge in [-0.15, -0.1) is 0 Å². The lowest BCUT2D eigenvalue weighted by Crippen LogP contribution is -2.53. The van der Waals surface area contributed by atoms with Gasteiger partial charge in [0.2, 0.25) is 0 Å².